The molecule has 1 aliphatic rings. The first kappa shape index (κ1) is 10.8. The van der Waals surface area contributed by atoms with Gasteiger partial charge in [-0.05, 0) is 30.2 Å². The van der Waals surface area contributed by atoms with Gasteiger partial charge in [0.1, 0.15) is 5.82 Å². The van der Waals surface area contributed by atoms with Crippen LogP contribution >= 0.6 is 11.6 Å². The number of rotatable bonds is 4. The van der Waals surface area contributed by atoms with Gasteiger partial charge < -0.3 is 5.32 Å². The van der Waals surface area contributed by atoms with E-state index in [1.54, 1.807) is 0 Å². The molecule has 0 spiro atoms. The second kappa shape index (κ2) is 4.53. The minimum Gasteiger partial charge on any atom is -0.368 e. The van der Waals surface area contributed by atoms with Crippen molar-refractivity contribution < 1.29 is 0 Å². The maximum absolute atomic E-state index is 6.29. The van der Waals surface area contributed by atoms with E-state index in [2.05, 4.69) is 22.4 Å². The molecule has 1 aromatic heterocycles. The average molecular weight is 247 g/mol. The molecule has 3 rings (SSSR count). The van der Waals surface area contributed by atoms with Crippen molar-refractivity contribution in [1.82, 2.24) is 4.98 Å². The van der Waals surface area contributed by atoms with Gasteiger partial charge in [0, 0.05) is 18.1 Å². The molecule has 2 aromatic rings. The number of aromatic nitrogens is 1. The van der Waals surface area contributed by atoms with E-state index < -0.39 is 0 Å². The smallest absolute Gasteiger partial charge is 0.133 e. The van der Waals surface area contributed by atoms with E-state index in [0.29, 0.717) is 5.92 Å². The third-order valence-corrected chi connectivity index (χ3v) is 3.78. The Kier molecular flexibility index (Phi) is 2.89. The van der Waals surface area contributed by atoms with Crippen LogP contribution in [0.25, 0.3) is 10.8 Å². The molecule has 0 aliphatic heterocycles. The second-order valence-electron chi connectivity index (χ2n) is 4.62. The molecule has 1 atom stereocenters. The predicted octanol–water partition coefficient (Wildman–Crippen LogP) is 3.66. The normalized spacial score (nSPS) is 17.0. The maximum Gasteiger partial charge on any atom is 0.133 e. The molecule has 0 amide bonds. The van der Waals surface area contributed by atoms with Gasteiger partial charge >= 0.3 is 0 Å². The van der Waals surface area contributed by atoms with Crippen molar-refractivity contribution in [2.24, 2.45) is 5.92 Å². The molecule has 2 nitrogen and oxygen atoms in total. The highest BCUT2D eigenvalue weighted by Gasteiger charge is 2.29. The van der Waals surface area contributed by atoms with Crippen LogP contribution in [0.5, 0.6) is 0 Å². The fourth-order valence-electron chi connectivity index (χ4n) is 2.08. The van der Waals surface area contributed by atoms with Crippen LogP contribution in [-0.4, -0.2) is 16.9 Å². The summed E-state index contributed by atoms with van der Waals surface area (Å²) in [6, 6.07) is 10.3. The number of nitrogens with one attached hydrogen (secondary N) is 1. The number of anilines is 1. The molecule has 1 saturated carbocycles. The van der Waals surface area contributed by atoms with E-state index in [9.17, 15) is 0 Å². The topological polar surface area (TPSA) is 24.9 Å². The Hall–Kier alpha value is -1.28. The fourth-order valence-corrected chi connectivity index (χ4v) is 2.41. The monoisotopic (exact) mass is 246 g/mol. The SMILES string of the molecule is ClC(CNc1nccc2ccccc12)C1CC1. The zero-order valence-corrected chi connectivity index (χ0v) is 10.3. The number of hydrogen-bond donors (Lipinski definition) is 1. The standard InChI is InChI=1S/C14H15ClN2/c15-13(11-5-6-11)9-17-14-12-4-2-1-3-10(12)7-8-16-14/h1-4,7-8,11,13H,5-6,9H2,(H,16,17). The first-order valence-corrected chi connectivity index (χ1v) is 6.50. The summed E-state index contributed by atoms with van der Waals surface area (Å²) in [5.41, 5.74) is 0. The number of alkyl halides is 1. The summed E-state index contributed by atoms with van der Waals surface area (Å²) in [5, 5.41) is 5.97. The van der Waals surface area contributed by atoms with Crippen LogP contribution in [0.3, 0.4) is 0 Å². The Labute approximate surface area is 106 Å². The van der Waals surface area contributed by atoms with Crippen molar-refractivity contribution in [3.8, 4) is 0 Å². The molecule has 1 fully saturated rings. The molecule has 0 radical (unpaired) electrons. The quantitative estimate of drug-likeness (QED) is 0.833. The van der Waals surface area contributed by atoms with Crippen LogP contribution in [0, 0.1) is 5.92 Å². The molecule has 0 bridgehead atoms. The maximum atomic E-state index is 6.29. The highest BCUT2D eigenvalue weighted by Crippen LogP contribution is 2.35. The zero-order chi connectivity index (χ0) is 11.7. The van der Waals surface area contributed by atoms with Gasteiger partial charge in [0.15, 0.2) is 0 Å². The second-order valence-corrected chi connectivity index (χ2v) is 5.18. The Morgan fingerprint density at radius 1 is 1.29 bits per heavy atom. The Morgan fingerprint density at radius 3 is 2.94 bits per heavy atom. The molecule has 17 heavy (non-hydrogen) atoms. The van der Waals surface area contributed by atoms with Crippen LogP contribution in [0.1, 0.15) is 12.8 Å². The van der Waals surface area contributed by atoms with Crippen LogP contribution < -0.4 is 5.32 Å². The van der Waals surface area contributed by atoms with Gasteiger partial charge in [-0.2, -0.15) is 0 Å². The number of nitrogens with zero attached hydrogens (tertiary/aromatic N) is 1. The van der Waals surface area contributed by atoms with Gasteiger partial charge in [-0.25, -0.2) is 4.98 Å². The van der Waals surface area contributed by atoms with E-state index >= 15 is 0 Å². The zero-order valence-electron chi connectivity index (χ0n) is 9.57. The summed E-state index contributed by atoms with van der Waals surface area (Å²) in [4.78, 5) is 4.39. The van der Waals surface area contributed by atoms with E-state index in [4.69, 9.17) is 11.6 Å². The van der Waals surface area contributed by atoms with E-state index in [-0.39, 0.29) is 5.38 Å². The first-order chi connectivity index (χ1) is 8.34. The van der Waals surface area contributed by atoms with Crippen molar-refractivity contribution >= 4 is 28.2 Å². The third-order valence-electron chi connectivity index (χ3n) is 3.27. The van der Waals surface area contributed by atoms with Gasteiger partial charge in [-0.1, -0.05) is 24.3 Å². The predicted molar refractivity (Wildman–Crippen MR) is 72.6 cm³/mol. The summed E-state index contributed by atoms with van der Waals surface area (Å²) < 4.78 is 0. The lowest BCUT2D eigenvalue weighted by Crippen LogP contribution is -2.16. The van der Waals surface area contributed by atoms with Crippen LogP contribution in [0.4, 0.5) is 5.82 Å². The van der Waals surface area contributed by atoms with Crippen molar-refractivity contribution in [1.29, 1.82) is 0 Å². The molecular weight excluding hydrogens is 232 g/mol. The number of fused-ring (bicyclic) bond motifs is 1. The van der Waals surface area contributed by atoms with Crippen molar-refractivity contribution in [3.05, 3.63) is 36.5 Å². The summed E-state index contributed by atoms with van der Waals surface area (Å²) in [5.74, 6) is 1.65. The average Bonchev–Trinajstić information content (AvgIpc) is 3.20. The highest BCUT2D eigenvalue weighted by molar-refractivity contribution is 6.21. The van der Waals surface area contributed by atoms with Gasteiger partial charge in [0.2, 0.25) is 0 Å². The molecule has 1 aliphatic carbocycles. The molecule has 1 unspecified atom stereocenters. The van der Waals surface area contributed by atoms with E-state index in [0.717, 1.165) is 17.7 Å². The Balaban J connectivity index is 1.79. The lowest BCUT2D eigenvalue weighted by atomic mass is 10.1. The summed E-state index contributed by atoms with van der Waals surface area (Å²) >= 11 is 6.29. The molecule has 1 N–H and O–H groups in total. The Bertz CT molecular complexity index is 517. The van der Waals surface area contributed by atoms with Gasteiger partial charge in [-0.3, -0.25) is 0 Å². The minimum atomic E-state index is 0.232. The lowest BCUT2D eigenvalue weighted by molar-refractivity contribution is 0.769. The largest absolute Gasteiger partial charge is 0.368 e. The van der Waals surface area contributed by atoms with Gasteiger partial charge in [-0.15, -0.1) is 11.6 Å². The number of halogens is 1. The summed E-state index contributed by atoms with van der Waals surface area (Å²) in [6.07, 6.45) is 4.39. The van der Waals surface area contributed by atoms with Crippen molar-refractivity contribution in [2.75, 3.05) is 11.9 Å². The molecule has 0 saturated heterocycles. The third kappa shape index (κ3) is 2.37. The summed E-state index contributed by atoms with van der Waals surface area (Å²) in [7, 11) is 0. The van der Waals surface area contributed by atoms with Crippen molar-refractivity contribution in [2.45, 2.75) is 18.2 Å². The summed E-state index contributed by atoms with van der Waals surface area (Å²) in [6.45, 7) is 0.799. The van der Waals surface area contributed by atoms with E-state index in [1.165, 1.54) is 18.2 Å². The molecule has 1 heterocycles. The van der Waals surface area contributed by atoms with Gasteiger partial charge in [0.25, 0.3) is 0 Å². The first-order valence-electron chi connectivity index (χ1n) is 6.06. The Morgan fingerprint density at radius 2 is 2.12 bits per heavy atom. The lowest BCUT2D eigenvalue weighted by Gasteiger charge is -2.11. The van der Waals surface area contributed by atoms with Crippen LogP contribution in [-0.2, 0) is 0 Å². The minimum absolute atomic E-state index is 0.232. The van der Waals surface area contributed by atoms with Crippen molar-refractivity contribution in [3.63, 3.8) is 0 Å². The number of pyridine rings is 1. The van der Waals surface area contributed by atoms with Crippen LogP contribution in [0.15, 0.2) is 36.5 Å². The molecular formula is C14H15ClN2. The van der Waals surface area contributed by atoms with Gasteiger partial charge in [0.05, 0.1) is 5.38 Å². The highest BCUT2D eigenvalue weighted by atomic mass is 35.5. The molecule has 88 valence electrons. The molecule has 1 aromatic carbocycles. The van der Waals surface area contributed by atoms with E-state index in [1.807, 2.05) is 24.4 Å². The number of hydrogen-bond acceptors (Lipinski definition) is 2. The molecule has 3 heteroatoms. The fraction of sp³-hybridized carbons (Fsp3) is 0.357. The number of benzene rings is 1. The van der Waals surface area contributed by atoms with Crippen LogP contribution in [0.2, 0.25) is 0 Å².